The fourth-order valence-corrected chi connectivity index (χ4v) is 1.81. The van der Waals surface area contributed by atoms with Gasteiger partial charge in [-0.05, 0) is 24.5 Å². The number of Topliss-reactive ketones (excluding diaryl/α,β-unsaturated/α-hetero) is 1. The fraction of sp³-hybridized carbons (Fsp3) is 0.533. The third kappa shape index (κ3) is 3.88. The van der Waals surface area contributed by atoms with Crippen LogP contribution in [-0.2, 0) is 0 Å². The maximum absolute atomic E-state index is 12.1. The van der Waals surface area contributed by atoms with Gasteiger partial charge in [0.2, 0.25) is 5.75 Å². The average Bonchev–Trinajstić information content (AvgIpc) is 2.42. The van der Waals surface area contributed by atoms with Crippen molar-refractivity contribution in [3.05, 3.63) is 17.7 Å². The van der Waals surface area contributed by atoms with Crippen LogP contribution in [0.15, 0.2) is 12.1 Å². The van der Waals surface area contributed by atoms with E-state index >= 15 is 0 Å². The van der Waals surface area contributed by atoms with Crippen molar-refractivity contribution in [3.8, 4) is 17.2 Å². The van der Waals surface area contributed by atoms with Crippen LogP contribution in [0, 0.1) is 5.92 Å². The van der Waals surface area contributed by atoms with E-state index in [0.29, 0.717) is 35.2 Å². The Bertz CT molecular complexity index is 413. The molecular weight excluding hydrogens is 244 g/mol. The van der Waals surface area contributed by atoms with E-state index in [2.05, 4.69) is 13.8 Å². The normalized spacial score (nSPS) is 10.4. The minimum atomic E-state index is 0.0907. The summed E-state index contributed by atoms with van der Waals surface area (Å²) in [7, 11) is 4.62. The standard InChI is InChI=1S/C15H22O4/c1-10(2)6-7-12(16)11-8-13(17-3)15(19-5)14(9-11)18-4/h8-10H,6-7H2,1-5H3. The molecule has 0 saturated carbocycles. The van der Waals surface area contributed by atoms with E-state index < -0.39 is 0 Å². The van der Waals surface area contributed by atoms with E-state index in [-0.39, 0.29) is 5.78 Å². The van der Waals surface area contributed by atoms with Crippen LogP contribution in [0.5, 0.6) is 17.2 Å². The Hall–Kier alpha value is -1.71. The molecule has 0 N–H and O–H groups in total. The molecule has 0 aromatic heterocycles. The Kier molecular flexibility index (Phi) is 5.67. The lowest BCUT2D eigenvalue weighted by Gasteiger charge is -2.13. The Morgan fingerprint density at radius 2 is 1.58 bits per heavy atom. The number of benzene rings is 1. The number of methoxy groups -OCH3 is 3. The van der Waals surface area contributed by atoms with Gasteiger partial charge >= 0.3 is 0 Å². The zero-order chi connectivity index (χ0) is 14.4. The number of ketones is 1. The predicted molar refractivity (Wildman–Crippen MR) is 74.5 cm³/mol. The first-order valence-corrected chi connectivity index (χ1v) is 6.36. The van der Waals surface area contributed by atoms with Crippen molar-refractivity contribution < 1.29 is 19.0 Å². The SMILES string of the molecule is COc1cc(C(=O)CCC(C)C)cc(OC)c1OC. The van der Waals surface area contributed by atoms with E-state index in [0.717, 1.165) is 6.42 Å². The van der Waals surface area contributed by atoms with Gasteiger partial charge in [-0.25, -0.2) is 0 Å². The smallest absolute Gasteiger partial charge is 0.203 e. The highest BCUT2D eigenvalue weighted by molar-refractivity contribution is 5.97. The van der Waals surface area contributed by atoms with Crippen LogP contribution in [-0.4, -0.2) is 27.1 Å². The van der Waals surface area contributed by atoms with E-state index in [1.807, 2.05) is 0 Å². The second-order valence-electron chi connectivity index (χ2n) is 4.77. The molecule has 4 heteroatoms. The van der Waals surface area contributed by atoms with Crippen molar-refractivity contribution in [1.29, 1.82) is 0 Å². The molecule has 0 saturated heterocycles. The first-order chi connectivity index (χ1) is 9.03. The molecule has 1 aromatic carbocycles. The number of carbonyl (C=O) groups excluding carboxylic acids is 1. The Balaban J connectivity index is 3.05. The van der Waals surface area contributed by atoms with Gasteiger partial charge in [0.25, 0.3) is 0 Å². The second kappa shape index (κ2) is 7.02. The quantitative estimate of drug-likeness (QED) is 0.710. The van der Waals surface area contributed by atoms with Gasteiger partial charge in [-0.15, -0.1) is 0 Å². The fourth-order valence-electron chi connectivity index (χ4n) is 1.81. The highest BCUT2D eigenvalue weighted by atomic mass is 16.5. The molecule has 0 bridgehead atoms. The number of hydrogen-bond acceptors (Lipinski definition) is 4. The zero-order valence-corrected chi connectivity index (χ0v) is 12.3. The highest BCUT2D eigenvalue weighted by Crippen LogP contribution is 2.38. The lowest BCUT2D eigenvalue weighted by molar-refractivity contribution is 0.0974. The monoisotopic (exact) mass is 266 g/mol. The lowest BCUT2D eigenvalue weighted by atomic mass is 10.0. The molecular formula is C15H22O4. The number of rotatable bonds is 7. The van der Waals surface area contributed by atoms with Crippen LogP contribution in [0.3, 0.4) is 0 Å². The van der Waals surface area contributed by atoms with Crippen LogP contribution in [0.1, 0.15) is 37.0 Å². The van der Waals surface area contributed by atoms with Crippen LogP contribution < -0.4 is 14.2 Å². The van der Waals surface area contributed by atoms with Gasteiger partial charge in [-0.2, -0.15) is 0 Å². The molecule has 0 heterocycles. The maximum Gasteiger partial charge on any atom is 0.203 e. The number of carbonyl (C=O) groups is 1. The minimum Gasteiger partial charge on any atom is -0.493 e. The summed E-state index contributed by atoms with van der Waals surface area (Å²) in [5.41, 5.74) is 0.593. The molecule has 0 unspecified atom stereocenters. The largest absolute Gasteiger partial charge is 0.493 e. The average molecular weight is 266 g/mol. The molecule has 4 nitrogen and oxygen atoms in total. The van der Waals surface area contributed by atoms with Gasteiger partial charge in [0.05, 0.1) is 21.3 Å². The number of hydrogen-bond donors (Lipinski definition) is 0. The van der Waals surface area contributed by atoms with Crippen molar-refractivity contribution in [2.24, 2.45) is 5.92 Å². The summed E-state index contributed by atoms with van der Waals surface area (Å²) in [6.07, 6.45) is 1.39. The minimum absolute atomic E-state index is 0.0907. The van der Waals surface area contributed by atoms with Crippen molar-refractivity contribution in [2.75, 3.05) is 21.3 Å². The molecule has 0 fully saturated rings. The highest BCUT2D eigenvalue weighted by Gasteiger charge is 2.16. The molecule has 19 heavy (non-hydrogen) atoms. The van der Waals surface area contributed by atoms with Crippen molar-refractivity contribution >= 4 is 5.78 Å². The van der Waals surface area contributed by atoms with Gasteiger partial charge in [-0.1, -0.05) is 13.8 Å². The summed E-state index contributed by atoms with van der Waals surface area (Å²) in [5, 5.41) is 0. The van der Waals surface area contributed by atoms with Gasteiger partial charge < -0.3 is 14.2 Å². The van der Waals surface area contributed by atoms with Crippen LogP contribution in [0.25, 0.3) is 0 Å². The molecule has 0 aliphatic rings. The Morgan fingerprint density at radius 3 is 1.95 bits per heavy atom. The van der Waals surface area contributed by atoms with Gasteiger partial charge in [-0.3, -0.25) is 4.79 Å². The topological polar surface area (TPSA) is 44.8 Å². The first-order valence-electron chi connectivity index (χ1n) is 6.36. The van der Waals surface area contributed by atoms with Crippen molar-refractivity contribution in [2.45, 2.75) is 26.7 Å². The molecule has 0 radical (unpaired) electrons. The molecule has 0 amide bonds. The summed E-state index contributed by atoms with van der Waals surface area (Å²) >= 11 is 0. The van der Waals surface area contributed by atoms with E-state index in [4.69, 9.17) is 14.2 Å². The third-order valence-corrected chi connectivity index (χ3v) is 2.94. The molecule has 1 rings (SSSR count). The van der Waals surface area contributed by atoms with Crippen molar-refractivity contribution in [3.63, 3.8) is 0 Å². The molecule has 0 spiro atoms. The summed E-state index contributed by atoms with van der Waals surface area (Å²) in [6.45, 7) is 4.20. The molecule has 106 valence electrons. The van der Waals surface area contributed by atoms with Gasteiger partial charge in [0, 0.05) is 12.0 Å². The molecule has 1 aromatic rings. The molecule has 0 atom stereocenters. The Morgan fingerprint density at radius 1 is 1.05 bits per heavy atom. The molecule has 0 aliphatic carbocycles. The molecule has 0 aliphatic heterocycles. The summed E-state index contributed by atoms with van der Waals surface area (Å²) in [6, 6.07) is 3.40. The van der Waals surface area contributed by atoms with Gasteiger partial charge in [0.1, 0.15) is 0 Å². The van der Waals surface area contributed by atoms with Gasteiger partial charge in [0.15, 0.2) is 17.3 Å². The Labute approximate surface area is 114 Å². The van der Waals surface area contributed by atoms with Crippen LogP contribution >= 0.6 is 0 Å². The summed E-state index contributed by atoms with van der Waals surface area (Å²) in [5.74, 6) is 2.12. The van der Waals surface area contributed by atoms with Crippen molar-refractivity contribution in [1.82, 2.24) is 0 Å². The number of ether oxygens (including phenoxy) is 3. The second-order valence-corrected chi connectivity index (χ2v) is 4.77. The maximum atomic E-state index is 12.1. The van der Waals surface area contributed by atoms with E-state index in [1.165, 1.54) is 0 Å². The third-order valence-electron chi connectivity index (χ3n) is 2.94. The summed E-state index contributed by atoms with van der Waals surface area (Å²) in [4.78, 5) is 12.1. The van der Waals surface area contributed by atoms with Crippen LogP contribution in [0.4, 0.5) is 0 Å². The van der Waals surface area contributed by atoms with Crippen LogP contribution in [0.2, 0.25) is 0 Å². The summed E-state index contributed by atoms with van der Waals surface area (Å²) < 4.78 is 15.7. The van der Waals surface area contributed by atoms with E-state index in [9.17, 15) is 4.79 Å². The first kappa shape index (κ1) is 15.3. The zero-order valence-electron chi connectivity index (χ0n) is 12.3. The van der Waals surface area contributed by atoms with E-state index in [1.54, 1.807) is 33.5 Å². The predicted octanol–water partition coefficient (Wildman–Crippen LogP) is 3.33. The lowest BCUT2D eigenvalue weighted by Crippen LogP contribution is -2.04.